The maximum Gasteiger partial charge on any atom is 0.490 e. The molecule has 2 heterocycles. The Labute approximate surface area is 194 Å². The van der Waals surface area contributed by atoms with Crippen LogP contribution >= 0.6 is 0 Å². The molecule has 3 N–H and O–H groups in total. The molecule has 0 radical (unpaired) electrons. The van der Waals surface area contributed by atoms with E-state index in [1.165, 1.54) is 23.2 Å². The highest BCUT2D eigenvalue weighted by Gasteiger charge is 2.38. The van der Waals surface area contributed by atoms with Crippen LogP contribution in [0.4, 0.5) is 18.9 Å². The van der Waals surface area contributed by atoms with Crippen molar-refractivity contribution in [2.24, 2.45) is 7.05 Å². The number of aromatic nitrogens is 2. The Kier molecular flexibility index (Phi) is 7.83. The molecular weight excluding hydrogens is 449 g/mol. The molecule has 3 aromatic rings. The lowest BCUT2D eigenvalue weighted by atomic mass is 9.97. The number of hydrogen-bond acceptors (Lipinski definition) is 4. The monoisotopic (exact) mass is 476 g/mol. The third-order valence-corrected chi connectivity index (χ3v) is 5.73. The summed E-state index contributed by atoms with van der Waals surface area (Å²) in [6, 6.07) is 16.2. The molecule has 0 aliphatic carbocycles. The third-order valence-electron chi connectivity index (χ3n) is 5.73. The van der Waals surface area contributed by atoms with Crippen LogP contribution in [-0.4, -0.2) is 33.2 Å². The molecule has 2 aromatic carbocycles. The third kappa shape index (κ3) is 5.69. The summed E-state index contributed by atoms with van der Waals surface area (Å²) in [6.45, 7) is 4.39. The predicted octanol–water partition coefficient (Wildman–Crippen LogP) is 3.77. The van der Waals surface area contributed by atoms with Crippen molar-refractivity contribution in [1.29, 1.82) is 0 Å². The van der Waals surface area contributed by atoms with Crippen molar-refractivity contribution in [2.75, 3.05) is 11.9 Å². The average molecular weight is 476 g/mol. The van der Waals surface area contributed by atoms with Gasteiger partial charge in [0.15, 0.2) is 0 Å². The van der Waals surface area contributed by atoms with Gasteiger partial charge in [0.2, 0.25) is 0 Å². The molecule has 4 rings (SSSR count). The highest BCUT2D eigenvalue weighted by atomic mass is 19.4. The zero-order chi connectivity index (χ0) is 24.9. The molecule has 182 valence electrons. The number of halogens is 3. The van der Waals surface area contributed by atoms with Gasteiger partial charge >= 0.3 is 12.1 Å². The number of nitrogens with one attached hydrogen (secondary N) is 2. The van der Waals surface area contributed by atoms with Crippen molar-refractivity contribution in [2.45, 2.75) is 39.0 Å². The van der Waals surface area contributed by atoms with Crippen molar-refractivity contribution in [3.05, 3.63) is 81.3 Å². The minimum Gasteiger partial charge on any atom is -0.475 e. The quantitative estimate of drug-likeness (QED) is 0.522. The fraction of sp³-hybridized carbons (Fsp3) is 0.333. The van der Waals surface area contributed by atoms with E-state index < -0.39 is 12.1 Å². The summed E-state index contributed by atoms with van der Waals surface area (Å²) in [5.41, 5.74) is 6.73. The summed E-state index contributed by atoms with van der Waals surface area (Å²) in [4.78, 5) is 21.9. The fourth-order valence-electron chi connectivity index (χ4n) is 3.90. The molecule has 0 atom stereocenters. The largest absolute Gasteiger partial charge is 0.490 e. The van der Waals surface area contributed by atoms with E-state index >= 15 is 0 Å². The summed E-state index contributed by atoms with van der Waals surface area (Å²) < 4.78 is 35.4. The Morgan fingerprint density at radius 2 is 1.79 bits per heavy atom. The second-order valence-corrected chi connectivity index (χ2v) is 7.92. The van der Waals surface area contributed by atoms with Crippen LogP contribution in [0.3, 0.4) is 0 Å². The molecule has 0 amide bonds. The molecule has 0 fully saturated rings. The van der Waals surface area contributed by atoms with Crippen LogP contribution in [0.25, 0.3) is 5.69 Å². The number of nitrogens with zero attached hydrogens (tertiary/aromatic N) is 2. The maximum absolute atomic E-state index is 13.0. The molecule has 0 bridgehead atoms. The van der Waals surface area contributed by atoms with Crippen LogP contribution in [0.15, 0.2) is 53.3 Å². The Hall–Kier alpha value is -3.53. The number of carboxylic acids is 1. The van der Waals surface area contributed by atoms with Gasteiger partial charge in [0.05, 0.1) is 11.3 Å². The summed E-state index contributed by atoms with van der Waals surface area (Å²) in [7, 11) is 1.94. The van der Waals surface area contributed by atoms with Crippen molar-refractivity contribution >= 4 is 11.7 Å². The molecule has 0 unspecified atom stereocenters. The van der Waals surface area contributed by atoms with Crippen LogP contribution in [0.1, 0.15) is 28.8 Å². The van der Waals surface area contributed by atoms with Crippen molar-refractivity contribution in [3.63, 3.8) is 0 Å². The van der Waals surface area contributed by atoms with Gasteiger partial charge in [-0.1, -0.05) is 30.3 Å². The number of carboxylic acid groups (broad SMARTS) is 1. The average Bonchev–Trinajstić information content (AvgIpc) is 3.02. The number of anilines is 1. The topological polar surface area (TPSA) is 88.3 Å². The molecule has 10 heteroatoms. The van der Waals surface area contributed by atoms with Gasteiger partial charge in [0, 0.05) is 38.1 Å². The van der Waals surface area contributed by atoms with Crippen LogP contribution in [-0.2, 0) is 31.4 Å². The molecule has 0 saturated carbocycles. The van der Waals surface area contributed by atoms with Crippen molar-refractivity contribution < 1.29 is 23.1 Å². The number of alkyl halides is 3. The van der Waals surface area contributed by atoms with Crippen LogP contribution < -0.4 is 16.2 Å². The summed E-state index contributed by atoms with van der Waals surface area (Å²) in [6.07, 6.45) is -2.80. The van der Waals surface area contributed by atoms with Crippen LogP contribution in [0, 0.1) is 6.92 Å². The number of para-hydroxylation sites is 1. The summed E-state index contributed by atoms with van der Waals surface area (Å²) in [5, 5.41) is 14.1. The van der Waals surface area contributed by atoms with E-state index in [2.05, 4.69) is 28.8 Å². The lowest BCUT2D eigenvalue weighted by Gasteiger charge is -2.21. The fourth-order valence-corrected chi connectivity index (χ4v) is 3.90. The van der Waals surface area contributed by atoms with Crippen LogP contribution in [0.2, 0.25) is 0 Å². The first-order valence-corrected chi connectivity index (χ1v) is 10.8. The van der Waals surface area contributed by atoms with Crippen LogP contribution in [0.5, 0.6) is 0 Å². The highest BCUT2D eigenvalue weighted by molar-refractivity contribution is 5.73. The molecule has 34 heavy (non-hydrogen) atoms. The molecule has 1 aromatic heterocycles. The summed E-state index contributed by atoms with van der Waals surface area (Å²) in [5.74, 6) is -2.76. The smallest absolute Gasteiger partial charge is 0.475 e. The first-order chi connectivity index (χ1) is 16.1. The molecule has 1 aliphatic rings. The summed E-state index contributed by atoms with van der Waals surface area (Å²) >= 11 is 0. The standard InChI is InChI=1S/C22H26N4O.C2HF3O2/c1-16-20(22(27)26(25(16)2)18-9-4-3-5-10-18)15-23-14-17-8-6-12-21-19(17)11-7-13-24-21;3-2(4,5)1(6)7/h3-6,8-10,12,23-24H,7,11,13-15H2,1-2H3;(H,6,7). The molecule has 1 aliphatic heterocycles. The maximum atomic E-state index is 13.0. The van der Waals surface area contributed by atoms with E-state index in [4.69, 9.17) is 9.90 Å². The second kappa shape index (κ2) is 10.6. The van der Waals surface area contributed by atoms with Gasteiger partial charge in [-0.3, -0.25) is 9.48 Å². The Bertz CT molecular complexity index is 1200. The molecule has 0 spiro atoms. The minimum absolute atomic E-state index is 0.0467. The lowest BCUT2D eigenvalue weighted by Crippen LogP contribution is -2.24. The molecular formula is C24H27F3N4O3. The number of fused-ring (bicyclic) bond motifs is 1. The van der Waals surface area contributed by atoms with Gasteiger partial charge in [-0.15, -0.1) is 0 Å². The van der Waals surface area contributed by atoms with Gasteiger partial charge in [0.1, 0.15) is 0 Å². The second-order valence-electron chi connectivity index (χ2n) is 7.92. The zero-order valence-electron chi connectivity index (χ0n) is 18.9. The molecule has 0 saturated heterocycles. The number of rotatable bonds is 5. The highest BCUT2D eigenvalue weighted by Crippen LogP contribution is 2.25. The van der Waals surface area contributed by atoms with E-state index in [0.717, 1.165) is 36.5 Å². The first kappa shape index (κ1) is 25.1. The number of aliphatic carboxylic acids is 1. The number of hydrogen-bond donors (Lipinski definition) is 3. The minimum atomic E-state index is -5.08. The number of carbonyl (C=O) groups is 1. The number of benzene rings is 2. The lowest BCUT2D eigenvalue weighted by molar-refractivity contribution is -0.192. The van der Waals surface area contributed by atoms with Gasteiger partial charge in [-0.25, -0.2) is 9.48 Å². The predicted molar refractivity (Wildman–Crippen MR) is 123 cm³/mol. The Morgan fingerprint density at radius 1 is 1.12 bits per heavy atom. The van der Waals surface area contributed by atoms with E-state index in [9.17, 15) is 18.0 Å². The Morgan fingerprint density at radius 3 is 2.44 bits per heavy atom. The molecule has 7 nitrogen and oxygen atoms in total. The first-order valence-electron chi connectivity index (χ1n) is 10.8. The van der Waals surface area contributed by atoms with E-state index in [0.29, 0.717) is 6.54 Å². The van der Waals surface area contributed by atoms with E-state index in [1.54, 1.807) is 4.68 Å². The SMILES string of the molecule is Cc1c(CNCc2cccc3c2CCCN3)c(=O)n(-c2ccccc2)n1C.O=C(O)C(F)(F)F. The van der Waals surface area contributed by atoms with Crippen molar-refractivity contribution in [3.8, 4) is 5.69 Å². The Balaban J connectivity index is 0.000000406. The van der Waals surface area contributed by atoms with Gasteiger partial charge in [-0.05, 0) is 49.1 Å². The van der Waals surface area contributed by atoms with Gasteiger partial charge < -0.3 is 15.7 Å². The van der Waals surface area contributed by atoms with Gasteiger partial charge in [0.25, 0.3) is 5.56 Å². The van der Waals surface area contributed by atoms with E-state index in [-0.39, 0.29) is 5.56 Å². The van der Waals surface area contributed by atoms with Crippen molar-refractivity contribution in [1.82, 2.24) is 14.7 Å². The normalized spacial score (nSPS) is 12.9. The zero-order valence-corrected chi connectivity index (χ0v) is 18.9. The van der Waals surface area contributed by atoms with E-state index in [1.807, 2.05) is 49.0 Å². The van der Waals surface area contributed by atoms with Gasteiger partial charge in [-0.2, -0.15) is 13.2 Å².